The minimum Gasteiger partial charge on any atom is -0.450 e. The number of hydrogen-bond donors (Lipinski definition) is 1. The fourth-order valence-electron chi connectivity index (χ4n) is 0.168. The van der Waals surface area contributed by atoms with Crippen molar-refractivity contribution in [1.82, 2.24) is 0 Å². The van der Waals surface area contributed by atoms with Gasteiger partial charge in [-0.3, -0.25) is 0 Å². The van der Waals surface area contributed by atoms with E-state index in [1.807, 2.05) is 0 Å². The Kier molecular flexibility index (Phi) is 4.62. The third-order valence-corrected chi connectivity index (χ3v) is 0.848. The van der Waals surface area contributed by atoms with E-state index in [0.717, 1.165) is 0 Å². The van der Waals surface area contributed by atoms with E-state index in [2.05, 4.69) is 34.1 Å². The molecule has 46 valence electrons. The number of methoxy groups -OCH3 is 2. The fraction of sp³-hybridized carbons (Fsp3) is 0.600. The van der Waals surface area contributed by atoms with E-state index in [-0.39, 0.29) is 5.44 Å². The fourth-order valence-corrected chi connectivity index (χ4v) is 0.221. The molecular weight excluding hydrogens is 124 g/mol. The van der Waals surface area contributed by atoms with Crippen molar-refractivity contribution in [3.05, 3.63) is 0 Å². The Morgan fingerprint density at radius 2 is 2.12 bits per heavy atom. The SMILES string of the molecule is COC#CC(S)OC. The summed E-state index contributed by atoms with van der Waals surface area (Å²) in [5.41, 5.74) is -0.338. The predicted molar refractivity (Wildman–Crippen MR) is 34.6 cm³/mol. The maximum atomic E-state index is 4.66. The van der Waals surface area contributed by atoms with Crippen LogP contribution in [-0.4, -0.2) is 19.7 Å². The van der Waals surface area contributed by atoms with Crippen molar-refractivity contribution >= 4 is 12.6 Å². The maximum absolute atomic E-state index is 4.66. The van der Waals surface area contributed by atoms with E-state index in [1.54, 1.807) is 0 Å². The number of ether oxygens (including phenoxy) is 2. The summed E-state index contributed by atoms with van der Waals surface area (Å²) >= 11 is 3.89. The van der Waals surface area contributed by atoms with Gasteiger partial charge < -0.3 is 9.47 Å². The van der Waals surface area contributed by atoms with Gasteiger partial charge in [0.2, 0.25) is 0 Å². The molecule has 3 heteroatoms. The molecule has 0 bridgehead atoms. The van der Waals surface area contributed by atoms with Gasteiger partial charge in [-0.25, -0.2) is 0 Å². The van der Waals surface area contributed by atoms with Gasteiger partial charge in [-0.2, -0.15) is 0 Å². The van der Waals surface area contributed by atoms with Crippen LogP contribution in [0.25, 0.3) is 0 Å². The molecule has 0 radical (unpaired) electrons. The Labute approximate surface area is 54.6 Å². The molecule has 8 heavy (non-hydrogen) atoms. The zero-order valence-corrected chi connectivity index (χ0v) is 5.74. The van der Waals surface area contributed by atoms with Crippen molar-refractivity contribution in [1.29, 1.82) is 0 Å². The summed E-state index contributed by atoms with van der Waals surface area (Å²) in [5, 5.41) is 0. The van der Waals surface area contributed by atoms with Gasteiger partial charge in [0.1, 0.15) is 6.11 Å². The largest absolute Gasteiger partial charge is 0.450 e. The highest BCUT2D eigenvalue weighted by Gasteiger charge is 1.88. The molecule has 1 atom stereocenters. The highest BCUT2D eigenvalue weighted by Crippen LogP contribution is 1.89. The van der Waals surface area contributed by atoms with Gasteiger partial charge in [0.05, 0.1) is 7.11 Å². The standard InChI is InChI=1S/C5H8O2S/c1-6-4-3-5(8)7-2/h5,8H,1-2H3. The average molecular weight is 132 g/mol. The Hall–Kier alpha value is -0.330. The molecule has 0 aromatic rings. The van der Waals surface area contributed by atoms with Gasteiger partial charge in [0.25, 0.3) is 0 Å². The van der Waals surface area contributed by atoms with Gasteiger partial charge in [-0.1, -0.05) is 0 Å². The molecule has 0 fully saturated rings. The second-order valence-corrected chi connectivity index (χ2v) is 1.51. The van der Waals surface area contributed by atoms with Crippen LogP contribution in [0.4, 0.5) is 0 Å². The van der Waals surface area contributed by atoms with Crippen molar-refractivity contribution in [2.24, 2.45) is 0 Å². The molecule has 1 unspecified atom stereocenters. The number of hydrogen-bond acceptors (Lipinski definition) is 3. The highest BCUT2D eigenvalue weighted by molar-refractivity contribution is 7.81. The van der Waals surface area contributed by atoms with E-state index >= 15 is 0 Å². The maximum Gasteiger partial charge on any atom is 0.164 e. The second-order valence-electron chi connectivity index (χ2n) is 1.04. The van der Waals surface area contributed by atoms with Crippen LogP contribution in [0.3, 0.4) is 0 Å². The van der Waals surface area contributed by atoms with Crippen molar-refractivity contribution in [3.63, 3.8) is 0 Å². The Bertz CT molecular complexity index is 103. The lowest BCUT2D eigenvalue weighted by Crippen LogP contribution is -1.95. The second kappa shape index (κ2) is 4.82. The van der Waals surface area contributed by atoms with E-state index < -0.39 is 0 Å². The Balaban J connectivity index is 3.35. The quantitative estimate of drug-likeness (QED) is 0.318. The third kappa shape index (κ3) is 3.85. The lowest BCUT2D eigenvalue weighted by atomic mass is 10.7. The topological polar surface area (TPSA) is 18.5 Å². The molecule has 0 aliphatic rings. The zero-order valence-electron chi connectivity index (χ0n) is 4.84. The first-order valence-corrected chi connectivity index (χ1v) is 2.57. The van der Waals surface area contributed by atoms with Crippen molar-refractivity contribution in [2.75, 3.05) is 14.2 Å². The molecule has 0 saturated heterocycles. The lowest BCUT2D eigenvalue weighted by molar-refractivity contribution is 0.214. The first-order chi connectivity index (χ1) is 3.81. The summed E-state index contributed by atoms with van der Waals surface area (Å²) in [6.07, 6.45) is 2.35. The van der Waals surface area contributed by atoms with Crippen molar-refractivity contribution in [3.8, 4) is 12.0 Å². The van der Waals surface area contributed by atoms with Crippen LogP contribution >= 0.6 is 12.6 Å². The van der Waals surface area contributed by atoms with Crippen molar-refractivity contribution < 1.29 is 9.47 Å². The molecule has 0 aromatic heterocycles. The number of thiol groups is 1. The molecule has 0 aliphatic carbocycles. The van der Waals surface area contributed by atoms with Crippen LogP contribution < -0.4 is 0 Å². The molecule has 0 amide bonds. The monoisotopic (exact) mass is 132 g/mol. The molecule has 0 aliphatic heterocycles. The van der Waals surface area contributed by atoms with Gasteiger partial charge in [-0.15, -0.1) is 12.6 Å². The summed E-state index contributed by atoms with van der Waals surface area (Å²) in [6, 6.07) is 0. The van der Waals surface area contributed by atoms with E-state index in [1.165, 1.54) is 14.2 Å². The van der Waals surface area contributed by atoms with Gasteiger partial charge in [0, 0.05) is 7.11 Å². The molecular formula is C5H8O2S. The van der Waals surface area contributed by atoms with Crippen LogP contribution in [0.15, 0.2) is 0 Å². The van der Waals surface area contributed by atoms with Crippen molar-refractivity contribution in [2.45, 2.75) is 5.44 Å². The van der Waals surface area contributed by atoms with E-state index in [9.17, 15) is 0 Å². The summed E-state index contributed by atoms with van der Waals surface area (Å²) in [4.78, 5) is 0. The minimum absolute atomic E-state index is 0.338. The smallest absolute Gasteiger partial charge is 0.164 e. The molecule has 0 aromatic carbocycles. The summed E-state index contributed by atoms with van der Waals surface area (Å²) in [7, 11) is 3.02. The van der Waals surface area contributed by atoms with Gasteiger partial charge in [0.15, 0.2) is 5.44 Å². The molecule has 2 nitrogen and oxygen atoms in total. The van der Waals surface area contributed by atoms with Crippen LogP contribution in [-0.2, 0) is 9.47 Å². The number of rotatable bonds is 1. The molecule has 0 saturated carbocycles. The van der Waals surface area contributed by atoms with Gasteiger partial charge in [-0.05, 0) is 5.92 Å². The Morgan fingerprint density at radius 3 is 2.50 bits per heavy atom. The zero-order chi connectivity index (χ0) is 6.41. The summed E-state index contributed by atoms with van der Waals surface area (Å²) < 4.78 is 9.09. The lowest BCUT2D eigenvalue weighted by Gasteiger charge is -1.94. The summed E-state index contributed by atoms with van der Waals surface area (Å²) in [6.45, 7) is 0. The highest BCUT2D eigenvalue weighted by atomic mass is 32.1. The molecule has 0 rings (SSSR count). The van der Waals surface area contributed by atoms with Crippen LogP contribution in [0.5, 0.6) is 0 Å². The van der Waals surface area contributed by atoms with Crippen LogP contribution in [0, 0.1) is 12.0 Å². The first-order valence-electron chi connectivity index (χ1n) is 2.05. The van der Waals surface area contributed by atoms with Crippen LogP contribution in [0.2, 0.25) is 0 Å². The van der Waals surface area contributed by atoms with Crippen LogP contribution in [0.1, 0.15) is 0 Å². The summed E-state index contributed by atoms with van der Waals surface area (Å²) in [5.74, 6) is 2.55. The molecule has 0 heterocycles. The van der Waals surface area contributed by atoms with Gasteiger partial charge >= 0.3 is 0 Å². The Morgan fingerprint density at radius 1 is 1.50 bits per heavy atom. The minimum atomic E-state index is -0.338. The first kappa shape index (κ1) is 7.67. The predicted octanol–water partition coefficient (Wildman–Crippen LogP) is 0.496. The van der Waals surface area contributed by atoms with E-state index in [0.29, 0.717) is 0 Å². The average Bonchev–Trinajstić information content (AvgIpc) is 1.83. The third-order valence-electron chi connectivity index (χ3n) is 0.508. The normalized spacial score (nSPS) is 11.4. The van der Waals surface area contributed by atoms with E-state index in [4.69, 9.17) is 0 Å². The molecule has 0 N–H and O–H groups in total. The molecule has 0 spiro atoms.